The predicted molar refractivity (Wildman–Crippen MR) is 76.9 cm³/mol. The van der Waals surface area contributed by atoms with Crippen LogP contribution in [0.2, 0.25) is 0 Å². The van der Waals surface area contributed by atoms with E-state index >= 15 is 0 Å². The molecule has 1 aromatic heterocycles. The zero-order valence-corrected chi connectivity index (χ0v) is 11.3. The first-order valence-corrected chi connectivity index (χ1v) is 6.64. The minimum atomic E-state index is -0.250. The first-order valence-electron chi connectivity index (χ1n) is 6.64. The zero-order valence-electron chi connectivity index (χ0n) is 11.3. The second-order valence-electron chi connectivity index (χ2n) is 4.74. The fourth-order valence-corrected chi connectivity index (χ4v) is 2.15. The number of hydrogen-bond donors (Lipinski definition) is 3. The third-order valence-electron chi connectivity index (χ3n) is 3.27. The van der Waals surface area contributed by atoms with E-state index in [9.17, 15) is 9.59 Å². The molecule has 0 radical (unpaired) electrons. The fraction of sp³-hybridized carbons (Fsp3) is 0.214. The third kappa shape index (κ3) is 3.02. The number of carbonyl (C=O) groups excluding carboxylic acids is 2. The summed E-state index contributed by atoms with van der Waals surface area (Å²) in [5, 5.41) is 8.21. The van der Waals surface area contributed by atoms with E-state index in [0.717, 1.165) is 5.56 Å². The minimum Gasteiger partial charge on any atom is -0.350 e. The molecule has 1 aliphatic rings. The molecular weight excluding hydrogens is 270 g/mol. The lowest BCUT2D eigenvalue weighted by Gasteiger charge is -2.18. The highest BCUT2D eigenvalue weighted by Crippen LogP contribution is 2.20. The molecule has 0 fully saturated rings. The van der Waals surface area contributed by atoms with Gasteiger partial charge in [-0.05, 0) is 17.7 Å². The number of carbonyl (C=O) groups is 2. The van der Waals surface area contributed by atoms with Gasteiger partial charge in [0.05, 0.1) is 6.33 Å². The van der Waals surface area contributed by atoms with Crippen molar-refractivity contribution in [3.05, 3.63) is 48.0 Å². The van der Waals surface area contributed by atoms with Crippen LogP contribution in [0.4, 0.5) is 10.5 Å². The minimum absolute atomic E-state index is 0.161. The van der Waals surface area contributed by atoms with Gasteiger partial charge in [-0.25, -0.2) is 9.78 Å². The van der Waals surface area contributed by atoms with Gasteiger partial charge in [0.1, 0.15) is 0 Å². The maximum absolute atomic E-state index is 12.1. The molecule has 21 heavy (non-hydrogen) atoms. The molecule has 2 aromatic rings. The molecule has 7 nitrogen and oxygen atoms in total. The summed E-state index contributed by atoms with van der Waals surface area (Å²) >= 11 is 0. The highest BCUT2D eigenvalue weighted by molar-refractivity contribution is 5.98. The Bertz CT molecular complexity index is 666. The second-order valence-corrected chi connectivity index (χ2v) is 4.74. The van der Waals surface area contributed by atoms with Gasteiger partial charge in [-0.1, -0.05) is 6.07 Å². The van der Waals surface area contributed by atoms with Crippen molar-refractivity contribution >= 4 is 17.6 Å². The van der Waals surface area contributed by atoms with E-state index in [4.69, 9.17) is 0 Å². The van der Waals surface area contributed by atoms with Crippen molar-refractivity contribution in [2.45, 2.75) is 13.1 Å². The molecule has 0 saturated carbocycles. The van der Waals surface area contributed by atoms with E-state index in [0.29, 0.717) is 30.9 Å². The molecule has 3 N–H and O–H groups in total. The van der Waals surface area contributed by atoms with Gasteiger partial charge in [0.15, 0.2) is 0 Å². The van der Waals surface area contributed by atoms with Crippen LogP contribution >= 0.6 is 0 Å². The first kappa shape index (κ1) is 13.2. The Morgan fingerprint density at radius 1 is 1.43 bits per heavy atom. The number of aromatic nitrogens is 2. The average Bonchev–Trinajstić information content (AvgIpc) is 2.99. The molecular formula is C14H15N5O2. The van der Waals surface area contributed by atoms with E-state index in [-0.39, 0.29) is 11.9 Å². The number of rotatable bonds is 4. The summed E-state index contributed by atoms with van der Waals surface area (Å²) in [5.74, 6) is -0.161. The van der Waals surface area contributed by atoms with E-state index < -0.39 is 0 Å². The summed E-state index contributed by atoms with van der Waals surface area (Å²) in [6.45, 7) is 1.65. The topological polar surface area (TPSA) is 88.1 Å². The predicted octanol–water partition coefficient (Wildman–Crippen LogP) is 0.948. The standard InChI is InChI=1S/C14H15N5O2/c20-13(16-4-6-19-5-3-15-9-19)10-1-2-11-8-17-14(21)18-12(11)7-10/h1-3,5,7,9H,4,6,8H2,(H,16,20)(H2,17,18,21). The molecule has 0 saturated heterocycles. The maximum Gasteiger partial charge on any atom is 0.319 e. The number of amides is 3. The lowest BCUT2D eigenvalue weighted by Crippen LogP contribution is -2.34. The lowest BCUT2D eigenvalue weighted by atomic mass is 10.1. The Morgan fingerprint density at radius 3 is 3.14 bits per heavy atom. The van der Waals surface area contributed by atoms with Crippen molar-refractivity contribution in [3.8, 4) is 0 Å². The molecule has 7 heteroatoms. The van der Waals surface area contributed by atoms with Crippen LogP contribution in [0.3, 0.4) is 0 Å². The van der Waals surface area contributed by atoms with Crippen LogP contribution in [0, 0.1) is 0 Å². The van der Waals surface area contributed by atoms with Gasteiger partial charge >= 0.3 is 6.03 Å². The zero-order chi connectivity index (χ0) is 14.7. The summed E-state index contributed by atoms with van der Waals surface area (Å²) in [5.41, 5.74) is 2.17. The summed E-state index contributed by atoms with van der Waals surface area (Å²) < 4.78 is 1.89. The Hall–Kier alpha value is -2.83. The van der Waals surface area contributed by atoms with Crippen LogP contribution in [-0.4, -0.2) is 28.0 Å². The van der Waals surface area contributed by atoms with Gasteiger partial charge < -0.3 is 20.5 Å². The summed E-state index contributed by atoms with van der Waals surface area (Å²) in [6.07, 6.45) is 5.24. The van der Waals surface area contributed by atoms with Gasteiger partial charge in [-0.15, -0.1) is 0 Å². The summed E-state index contributed by atoms with van der Waals surface area (Å²) in [7, 11) is 0. The molecule has 1 aromatic carbocycles. The van der Waals surface area contributed by atoms with Crippen molar-refractivity contribution < 1.29 is 9.59 Å². The average molecular weight is 285 g/mol. The maximum atomic E-state index is 12.1. The van der Waals surface area contributed by atoms with E-state index in [2.05, 4.69) is 20.9 Å². The Morgan fingerprint density at radius 2 is 2.33 bits per heavy atom. The SMILES string of the molecule is O=C1NCc2ccc(C(=O)NCCn3ccnc3)cc2N1. The van der Waals surface area contributed by atoms with E-state index in [1.807, 2.05) is 16.8 Å². The number of anilines is 1. The molecule has 0 atom stereocenters. The molecule has 0 bridgehead atoms. The van der Waals surface area contributed by atoms with Gasteiger partial charge in [0.25, 0.3) is 5.91 Å². The highest BCUT2D eigenvalue weighted by atomic mass is 16.2. The van der Waals surface area contributed by atoms with Crippen molar-refractivity contribution in [3.63, 3.8) is 0 Å². The number of nitrogens with one attached hydrogen (secondary N) is 3. The summed E-state index contributed by atoms with van der Waals surface area (Å²) in [6, 6.07) is 5.04. The van der Waals surface area contributed by atoms with Crippen LogP contribution in [0.1, 0.15) is 15.9 Å². The Kier molecular flexibility index (Phi) is 3.55. The first-order chi connectivity index (χ1) is 10.2. The van der Waals surface area contributed by atoms with Crippen LogP contribution < -0.4 is 16.0 Å². The molecule has 3 rings (SSSR count). The lowest BCUT2D eigenvalue weighted by molar-refractivity contribution is 0.0952. The quantitative estimate of drug-likeness (QED) is 0.781. The normalized spacial score (nSPS) is 13.0. The van der Waals surface area contributed by atoms with Crippen molar-refractivity contribution in [2.24, 2.45) is 0 Å². The van der Waals surface area contributed by atoms with Crippen LogP contribution in [0.25, 0.3) is 0 Å². The molecule has 0 aliphatic carbocycles. The largest absolute Gasteiger partial charge is 0.350 e. The second kappa shape index (κ2) is 5.66. The molecule has 2 heterocycles. The van der Waals surface area contributed by atoms with Crippen LogP contribution in [0.5, 0.6) is 0 Å². The van der Waals surface area contributed by atoms with Crippen LogP contribution in [0.15, 0.2) is 36.9 Å². The fourth-order valence-electron chi connectivity index (χ4n) is 2.15. The van der Waals surface area contributed by atoms with Crippen LogP contribution in [-0.2, 0) is 13.1 Å². The number of nitrogens with zero attached hydrogens (tertiary/aromatic N) is 2. The number of imidazole rings is 1. The number of benzene rings is 1. The van der Waals surface area contributed by atoms with Gasteiger partial charge in [-0.3, -0.25) is 4.79 Å². The number of fused-ring (bicyclic) bond motifs is 1. The molecule has 1 aliphatic heterocycles. The molecule has 108 valence electrons. The smallest absolute Gasteiger partial charge is 0.319 e. The van der Waals surface area contributed by atoms with Crippen molar-refractivity contribution in [1.29, 1.82) is 0 Å². The Labute approximate surface area is 121 Å². The van der Waals surface area contributed by atoms with Gasteiger partial charge in [0, 0.05) is 43.3 Å². The highest BCUT2D eigenvalue weighted by Gasteiger charge is 2.15. The van der Waals surface area contributed by atoms with Gasteiger partial charge in [-0.2, -0.15) is 0 Å². The van der Waals surface area contributed by atoms with Gasteiger partial charge in [0.2, 0.25) is 0 Å². The monoisotopic (exact) mass is 285 g/mol. The Balaban J connectivity index is 1.62. The molecule has 3 amide bonds. The molecule has 0 spiro atoms. The van der Waals surface area contributed by atoms with Crippen molar-refractivity contribution in [2.75, 3.05) is 11.9 Å². The van der Waals surface area contributed by atoms with Crippen molar-refractivity contribution in [1.82, 2.24) is 20.2 Å². The van der Waals surface area contributed by atoms with E-state index in [1.165, 1.54) is 0 Å². The number of urea groups is 1. The summed E-state index contributed by atoms with van der Waals surface area (Å²) in [4.78, 5) is 27.3. The number of hydrogen-bond acceptors (Lipinski definition) is 3. The molecule has 0 unspecified atom stereocenters. The third-order valence-corrected chi connectivity index (χ3v) is 3.27. The van der Waals surface area contributed by atoms with E-state index in [1.54, 1.807) is 24.7 Å².